The van der Waals surface area contributed by atoms with E-state index in [4.69, 9.17) is 5.73 Å². The van der Waals surface area contributed by atoms with E-state index in [1.807, 2.05) is 13.8 Å². The van der Waals surface area contributed by atoms with Crippen LogP contribution in [0.25, 0.3) is 5.65 Å². The molecule has 3 N–H and O–H groups in total. The molecule has 21 heavy (non-hydrogen) atoms. The van der Waals surface area contributed by atoms with Crippen molar-refractivity contribution in [3.63, 3.8) is 0 Å². The topological polar surface area (TPSA) is 80.6 Å². The van der Waals surface area contributed by atoms with Gasteiger partial charge in [-0.1, -0.05) is 0 Å². The predicted molar refractivity (Wildman–Crippen MR) is 71.6 cm³/mol. The lowest BCUT2D eigenvalue weighted by molar-refractivity contribution is -0.137. The molecule has 0 saturated carbocycles. The highest BCUT2D eigenvalue weighted by Crippen LogP contribution is 2.29. The van der Waals surface area contributed by atoms with E-state index in [1.54, 1.807) is 0 Å². The molecule has 0 aliphatic heterocycles. The minimum atomic E-state index is -4.42. The van der Waals surface area contributed by atoms with Crippen molar-refractivity contribution in [1.82, 2.24) is 19.9 Å². The van der Waals surface area contributed by atoms with Crippen molar-refractivity contribution in [2.24, 2.45) is 10.7 Å². The summed E-state index contributed by atoms with van der Waals surface area (Å²) in [6, 6.07) is 2.34. The van der Waals surface area contributed by atoms with Gasteiger partial charge in [0.2, 0.25) is 0 Å². The number of alkyl halides is 3. The molecule has 0 bridgehead atoms. The van der Waals surface area contributed by atoms with Crippen LogP contribution in [0.3, 0.4) is 0 Å². The number of halogens is 3. The first-order chi connectivity index (χ1) is 9.77. The molecule has 0 saturated heterocycles. The number of hydrogen-bond acceptors (Lipinski definition) is 3. The lowest BCUT2D eigenvalue weighted by Gasteiger charge is -2.08. The van der Waals surface area contributed by atoms with Crippen LogP contribution in [0.1, 0.15) is 25.2 Å². The van der Waals surface area contributed by atoms with E-state index in [0.717, 1.165) is 12.3 Å². The molecule has 6 nitrogen and oxygen atoms in total. The van der Waals surface area contributed by atoms with Gasteiger partial charge in [0.15, 0.2) is 17.4 Å². The highest BCUT2D eigenvalue weighted by molar-refractivity contribution is 5.78. The Morgan fingerprint density at radius 1 is 1.38 bits per heavy atom. The molecule has 2 rings (SSSR count). The predicted octanol–water partition coefficient (Wildman–Crippen LogP) is 1.56. The number of nitrogens with zero attached hydrogens (tertiary/aromatic N) is 4. The van der Waals surface area contributed by atoms with E-state index in [-0.39, 0.29) is 24.4 Å². The van der Waals surface area contributed by atoms with Gasteiger partial charge in [0.05, 0.1) is 5.56 Å². The average Bonchev–Trinajstić information content (AvgIpc) is 2.76. The van der Waals surface area contributed by atoms with Crippen molar-refractivity contribution in [2.45, 2.75) is 32.6 Å². The largest absolute Gasteiger partial charge is 0.417 e. The van der Waals surface area contributed by atoms with Crippen molar-refractivity contribution in [3.05, 3.63) is 29.7 Å². The second-order valence-corrected chi connectivity index (χ2v) is 4.76. The van der Waals surface area contributed by atoms with E-state index in [1.165, 1.54) is 10.5 Å². The Kier molecular flexibility index (Phi) is 4.01. The molecule has 0 radical (unpaired) electrons. The third-order valence-electron chi connectivity index (χ3n) is 2.63. The molecule has 2 heterocycles. The van der Waals surface area contributed by atoms with Crippen molar-refractivity contribution in [1.29, 1.82) is 0 Å². The lowest BCUT2D eigenvalue weighted by Crippen LogP contribution is -2.36. The number of nitrogens with one attached hydrogen (secondary N) is 1. The number of nitrogens with two attached hydrogens (primary N) is 1. The normalized spacial score (nSPS) is 13.1. The third kappa shape index (κ3) is 3.61. The number of aromatic nitrogens is 3. The summed E-state index contributed by atoms with van der Waals surface area (Å²) in [7, 11) is 0. The van der Waals surface area contributed by atoms with Gasteiger partial charge in [-0.25, -0.2) is 4.99 Å². The molecule has 114 valence electrons. The molecule has 0 aromatic carbocycles. The van der Waals surface area contributed by atoms with Crippen LogP contribution in [-0.4, -0.2) is 26.6 Å². The van der Waals surface area contributed by atoms with Crippen molar-refractivity contribution in [3.8, 4) is 0 Å². The number of guanidine groups is 1. The molecule has 0 atom stereocenters. The van der Waals surface area contributed by atoms with E-state index >= 15 is 0 Å². The molecular formula is C12H15F3N6. The average molecular weight is 300 g/mol. The highest BCUT2D eigenvalue weighted by atomic mass is 19.4. The van der Waals surface area contributed by atoms with E-state index < -0.39 is 11.7 Å². The number of hydrogen-bond donors (Lipinski definition) is 2. The summed E-state index contributed by atoms with van der Waals surface area (Å²) in [5, 5.41) is 10.5. The van der Waals surface area contributed by atoms with Crippen molar-refractivity contribution >= 4 is 11.6 Å². The van der Waals surface area contributed by atoms with Gasteiger partial charge in [0.1, 0.15) is 6.54 Å². The Balaban J connectivity index is 2.28. The number of pyridine rings is 1. The molecule has 0 aliphatic rings. The summed E-state index contributed by atoms with van der Waals surface area (Å²) >= 11 is 0. The van der Waals surface area contributed by atoms with Crippen LogP contribution in [0.5, 0.6) is 0 Å². The summed E-state index contributed by atoms with van der Waals surface area (Å²) in [4.78, 5) is 4.03. The Morgan fingerprint density at radius 3 is 2.71 bits per heavy atom. The standard InChI is InChI=1S/C12H15F3N6/c1-7(2)18-11(16)17-5-10-20-19-9-4-3-8(6-21(9)10)12(13,14)15/h3-4,6-7H,5H2,1-2H3,(H3,16,17,18). The molecular weight excluding hydrogens is 285 g/mol. The second kappa shape index (κ2) is 5.58. The van der Waals surface area contributed by atoms with E-state index in [9.17, 15) is 13.2 Å². The Morgan fingerprint density at radius 2 is 2.10 bits per heavy atom. The highest BCUT2D eigenvalue weighted by Gasteiger charge is 2.31. The van der Waals surface area contributed by atoms with Gasteiger partial charge in [-0.3, -0.25) is 4.40 Å². The van der Waals surface area contributed by atoms with Gasteiger partial charge in [0, 0.05) is 12.2 Å². The number of fused-ring (bicyclic) bond motifs is 1. The molecule has 0 fully saturated rings. The molecule has 2 aromatic heterocycles. The number of aliphatic imine (C=N–C) groups is 1. The Labute approximate surface area is 118 Å². The first-order valence-corrected chi connectivity index (χ1v) is 6.24. The number of rotatable bonds is 3. The molecule has 0 unspecified atom stereocenters. The van der Waals surface area contributed by atoms with Gasteiger partial charge in [-0.2, -0.15) is 13.2 Å². The molecule has 9 heteroatoms. The quantitative estimate of drug-likeness (QED) is 0.666. The zero-order valence-corrected chi connectivity index (χ0v) is 11.5. The summed E-state index contributed by atoms with van der Waals surface area (Å²) in [5.74, 6) is 0.485. The first-order valence-electron chi connectivity index (χ1n) is 6.24. The first kappa shape index (κ1) is 15.1. The summed E-state index contributed by atoms with van der Waals surface area (Å²) < 4.78 is 39.4. The van der Waals surface area contributed by atoms with Crippen LogP contribution >= 0.6 is 0 Å². The van der Waals surface area contributed by atoms with Gasteiger partial charge >= 0.3 is 6.18 Å². The fraction of sp³-hybridized carbons (Fsp3) is 0.417. The fourth-order valence-corrected chi connectivity index (χ4v) is 1.71. The maximum absolute atomic E-state index is 12.7. The fourth-order valence-electron chi connectivity index (χ4n) is 1.71. The lowest BCUT2D eigenvalue weighted by atomic mass is 10.3. The minimum Gasteiger partial charge on any atom is -0.370 e. The van der Waals surface area contributed by atoms with Crippen LogP contribution in [0.4, 0.5) is 13.2 Å². The van der Waals surface area contributed by atoms with Crippen molar-refractivity contribution in [2.75, 3.05) is 0 Å². The van der Waals surface area contributed by atoms with Crippen LogP contribution < -0.4 is 11.1 Å². The maximum Gasteiger partial charge on any atom is 0.417 e. The molecule has 0 aliphatic carbocycles. The molecule has 0 amide bonds. The van der Waals surface area contributed by atoms with Crippen LogP contribution in [0.2, 0.25) is 0 Å². The Hall–Kier alpha value is -2.32. The third-order valence-corrected chi connectivity index (χ3v) is 2.63. The summed E-state index contributed by atoms with van der Waals surface area (Å²) in [5.41, 5.74) is 5.19. The van der Waals surface area contributed by atoms with Crippen LogP contribution in [-0.2, 0) is 12.7 Å². The van der Waals surface area contributed by atoms with E-state index in [2.05, 4.69) is 20.5 Å². The Bertz CT molecular complexity index is 659. The van der Waals surface area contributed by atoms with Crippen LogP contribution in [0.15, 0.2) is 23.3 Å². The van der Waals surface area contributed by atoms with Gasteiger partial charge < -0.3 is 11.1 Å². The maximum atomic E-state index is 12.7. The van der Waals surface area contributed by atoms with Crippen molar-refractivity contribution < 1.29 is 13.2 Å². The summed E-state index contributed by atoms with van der Waals surface area (Å²) in [6.45, 7) is 3.82. The summed E-state index contributed by atoms with van der Waals surface area (Å²) in [6.07, 6.45) is -3.47. The molecule has 0 spiro atoms. The minimum absolute atomic E-state index is 0.0357. The molecule has 2 aromatic rings. The second-order valence-electron chi connectivity index (χ2n) is 4.76. The SMILES string of the molecule is CC(C)NC(N)=NCc1nnc2ccc(C(F)(F)F)cn12. The van der Waals surface area contributed by atoms with E-state index in [0.29, 0.717) is 5.65 Å². The van der Waals surface area contributed by atoms with Gasteiger partial charge in [0.25, 0.3) is 0 Å². The zero-order valence-electron chi connectivity index (χ0n) is 11.5. The zero-order chi connectivity index (χ0) is 15.6. The monoisotopic (exact) mass is 300 g/mol. The smallest absolute Gasteiger partial charge is 0.370 e. The van der Waals surface area contributed by atoms with Gasteiger partial charge in [-0.15, -0.1) is 10.2 Å². The van der Waals surface area contributed by atoms with Gasteiger partial charge in [-0.05, 0) is 26.0 Å². The van der Waals surface area contributed by atoms with Crippen LogP contribution in [0, 0.1) is 0 Å².